The van der Waals surface area contributed by atoms with Crippen LogP contribution in [0.3, 0.4) is 0 Å². The normalized spacial score (nSPS) is 18.5. The van der Waals surface area contributed by atoms with Crippen LogP contribution in [0.25, 0.3) is 0 Å². The van der Waals surface area contributed by atoms with Crippen molar-refractivity contribution in [1.82, 2.24) is 0 Å². The van der Waals surface area contributed by atoms with Crippen LogP contribution in [-0.2, 0) is 9.63 Å². The minimum atomic E-state index is -0.631. The van der Waals surface area contributed by atoms with Crippen molar-refractivity contribution in [1.29, 1.82) is 0 Å². The SMILES string of the molecule is O=C(Nc1ccc2c(c1)OCCO2)C1CC(c2ccccc2)=NO1. The van der Waals surface area contributed by atoms with Crippen molar-refractivity contribution in [3.63, 3.8) is 0 Å². The molecule has 2 aliphatic heterocycles. The minimum absolute atomic E-state index is 0.235. The second kappa shape index (κ2) is 6.23. The molecule has 0 saturated heterocycles. The second-order valence-corrected chi connectivity index (χ2v) is 5.55. The summed E-state index contributed by atoms with van der Waals surface area (Å²) in [5, 5.41) is 6.86. The molecule has 0 spiro atoms. The van der Waals surface area contributed by atoms with Gasteiger partial charge >= 0.3 is 0 Å². The molecule has 2 aromatic carbocycles. The molecule has 2 aliphatic rings. The molecule has 6 heteroatoms. The van der Waals surface area contributed by atoms with Crippen LogP contribution in [0.5, 0.6) is 11.5 Å². The average Bonchev–Trinajstić information content (AvgIpc) is 3.13. The molecule has 1 atom stereocenters. The molecule has 1 N–H and O–H groups in total. The highest BCUT2D eigenvalue weighted by atomic mass is 16.6. The molecule has 2 heterocycles. The lowest BCUT2D eigenvalue weighted by atomic mass is 10.0. The zero-order valence-electron chi connectivity index (χ0n) is 12.9. The number of nitrogens with zero attached hydrogens (tertiary/aromatic N) is 1. The maximum absolute atomic E-state index is 12.4. The van der Waals surface area contributed by atoms with E-state index in [-0.39, 0.29) is 5.91 Å². The van der Waals surface area contributed by atoms with Crippen molar-refractivity contribution in [3.8, 4) is 11.5 Å². The average molecular weight is 324 g/mol. The molecular formula is C18H16N2O4. The number of amides is 1. The van der Waals surface area contributed by atoms with Gasteiger partial charge in [-0.05, 0) is 17.7 Å². The van der Waals surface area contributed by atoms with E-state index in [1.807, 2.05) is 30.3 Å². The standard InChI is InChI=1S/C18H16N2O4/c21-18(17-11-14(20-24-17)12-4-2-1-3-5-12)19-13-6-7-15-16(10-13)23-9-8-22-15/h1-7,10,17H,8-9,11H2,(H,19,21). The van der Waals surface area contributed by atoms with Crippen molar-refractivity contribution in [3.05, 3.63) is 54.1 Å². The van der Waals surface area contributed by atoms with Crippen LogP contribution in [0.4, 0.5) is 5.69 Å². The number of carbonyl (C=O) groups excluding carboxylic acids is 1. The number of nitrogens with one attached hydrogen (secondary N) is 1. The Labute approximate surface area is 139 Å². The van der Waals surface area contributed by atoms with E-state index in [1.54, 1.807) is 18.2 Å². The Morgan fingerprint density at radius 1 is 1.04 bits per heavy atom. The van der Waals surface area contributed by atoms with E-state index in [2.05, 4.69) is 10.5 Å². The van der Waals surface area contributed by atoms with Gasteiger partial charge in [0, 0.05) is 18.2 Å². The summed E-state index contributed by atoms with van der Waals surface area (Å²) >= 11 is 0. The van der Waals surface area contributed by atoms with Crippen LogP contribution in [0.15, 0.2) is 53.7 Å². The van der Waals surface area contributed by atoms with Crippen LogP contribution < -0.4 is 14.8 Å². The summed E-state index contributed by atoms with van der Waals surface area (Å²) in [5.74, 6) is 1.08. The van der Waals surface area contributed by atoms with Crippen molar-refractivity contribution < 1.29 is 19.1 Å². The Morgan fingerprint density at radius 3 is 2.67 bits per heavy atom. The number of carbonyl (C=O) groups is 1. The number of hydrogen-bond donors (Lipinski definition) is 1. The first-order chi connectivity index (χ1) is 11.8. The lowest BCUT2D eigenvalue weighted by molar-refractivity contribution is -0.125. The molecule has 0 fully saturated rings. The number of oxime groups is 1. The van der Waals surface area contributed by atoms with Gasteiger partial charge in [0.25, 0.3) is 5.91 Å². The van der Waals surface area contributed by atoms with Gasteiger partial charge in [-0.1, -0.05) is 35.5 Å². The summed E-state index contributed by atoms with van der Waals surface area (Å²) in [7, 11) is 0. The molecule has 2 aromatic rings. The zero-order chi connectivity index (χ0) is 16.4. The van der Waals surface area contributed by atoms with Crippen molar-refractivity contribution in [2.24, 2.45) is 5.16 Å². The molecule has 24 heavy (non-hydrogen) atoms. The molecule has 6 nitrogen and oxygen atoms in total. The van der Waals surface area contributed by atoms with E-state index in [9.17, 15) is 4.79 Å². The highest BCUT2D eigenvalue weighted by Gasteiger charge is 2.29. The zero-order valence-corrected chi connectivity index (χ0v) is 12.9. The van der Waals surface area contributed by atoms with Crippen LogP contribution in [-0.4, -0.2) is 30.9 Å². The number of fused-ring (bicyclic) bond motifs is 1. The van der Waals surface area contributed by atoms with E-state index in [0.29, 0.717) is 36.8 Å². The van der Waals surface area contributed by atoms with Crippen molar-refractivity contribution in [2.45, 2.75) is 12.5 Å². The van der Waals surface area contributed by atoms with Crippen LogP contribution >= 0.6 is 0 Å². The third-order valence-corrected chi connectivity index (χ3v) is 3.88. The van der Waals surface area contributed by atoms with E-state index < -0.39 is 6.10 Å². The summed E-state index contributed by atoms with van der Waals surface area (Å²) in [6, 6.07) is 15.0. The third kappa shape index (κ3) is 2.90. The van der Waals surface area contributed by atoms with Gasteiger partial charge in [0.05, 0.1) is 5.71 Å². The molecule has 1 amide bonds. The van der Waals surface area contributed by atoms with Gasteiger partial charge < -0.3 is 19.6 Å². The maximum Gasteiger partial charge on any atom is 0.268 e. The third-order valence-electron chi connectivity index (χ3n) is 3.88. The maximum atomic E-state index is 12.4. The van der Waals surface area contributed by atoms with E-state index in [0.717, 1.165) is 11.3 Å². The van der Waals surface area contributed by atoms with Gasteiger partial charge in [-0.15, -0.1) is 0 Å². The fourth-order valence-electron chi connectivity index (χ4n) is 2.66. The topological polar surface area (TPSA) is 69.2 Å². The molecule has 0 aromatic heterocycles. The van der Waals surface area contributed by atoms with Gasteiger partial charge in [0.1, 0.15) is 13.2 Å². The number of hydrogen-bond acceptors (Lipinski definition) is 5. The highest BCUT2D eigenvalue weighted by molar-refractivity contribution is 6.06. The quantitative estimate of drug-likeness (QED) is 0.942. The molecule has 4 rings (SSSR count). The molecule has 122 valence electrons. The van der Waals surface area contributed by atoms with Gasteiger partial charge in [0.2, 0.25) is 6.10 Å². The van der Waals surface area contributed by atoms with Gasteiger partial charge in [-0.2, -0.15) is 0 Å². The smallest absolute Gasteiger partial charge is 0.268 e. The predicted molar refractivity (Wildman–Crippen MR) is 88.5 cm³/mol. The van der Waals surface area contributed by atoms with Gasteiger partial charge in [-0.3, -0.25) is 4.79 Å². The first-order valence-electron chi connectivity index (χ1n) is 7.78. The number of rotatable bonds is 3. The first-order valence-corrected chi connectivity index (χ1v) is 7.78. The van der Waals surface area contributed by atoms with Crippen molar-refractivity contribution in [2.75, 3.05) is 18.5 Å². The Balaban J connectivity index is 1.41. The second-order valence-electron chi connectivity index (χ2n) is 5.55. The monoisotopic (exact) mass is 324 g/mol. The molecule has 0 bridgehead atoms. The summed E-state index contributed by atoms with van der Waals surface area (Å²) in [4.78, 5) is 17.7. The summed E-state index contributed by atoms with van der Waals surface area (Å²) in [6.07, 6.45) is -0.186. The van der Waals surface area contributed by atoms with Crippen LogP contribution in [0.1, 0.15) is 12.0 Å². The Morgan fingerprint density at radius 2 is 1.83 bits per heavy atom. The number of ether oxygens (including phenoxy) is 2. The number of anilines is 1. The Hall–Kier alpha value is -3.02. The fraction of sp³-hybridized carbons (Fsp3) is 0.222. The molecule has 0 aliphatic carbocycles. The van der Waals surface area contributed by atoms with Crippen LogP contribution in [0, 0.1) is 0 Å². The van der Waals surface area contributed by atoms with E-state index >= 15 is 0 Å². The minimum Gasteiger partial charge on any atom is -0.486 e. The summed E-state index contributed by atoms with van der Waals surface area (Å²) in [6.45, 7) is 1.04. The number of benzene rings is 2. The van der Waals surface area contributed by atoms with Gasteiger partial charge in [-0.25, -0.2) is 0 Å². The summed E-state index contributed by atoms with van der Waals surface area (Å²) in [5.41, 5.74) is 2.38. The Kier molecular flexibility index (Phi) is 3.78. The largest absolute Gasteiger partial charge is 0.486 e. The molecular weight excluding hydrogens is 308 g/mol. The molecule has 0 radical (unpaired) electrons. The Bertz CT molecular complexity index is 789. The summed E-state index contributed by atoms with van der Waals surface area (Å²) < 4.78 is 11.0. The lowest BCUT2D eigenvalue weighted by Gasteiger charge is -2.19. The van der Waals surface area contributed by atoms with Crippen molar-refractivity contribution >= 4 is 17.3 Å². The van der Waals surface area contributed by atoms with E-state index in [1.165, 1.54) is 0 Å². The predicted octanol–water partition coefficient (Wildman–Crippen LogP) is 2.59. The van der Waals surface area contributed by atoms with Crippen LogP contribution in [0.2, 0.25) is 0 Å². The highest BCUT2D eigenvalue weighted by Crippen LogP contribution is 2.32. The molecule has 0 saturated carbocycles. The van der Waals surface area contributed by atoms with Gasteiger partial charge in [0.15, 0.2) is 11.5 Å². The fourth-order valence-corrected chi connectivity index (χ4v) is 2.66. The lowest BCUT2D eigenvalue weighted by Crippen LogP contribution is -2.28. The first kappa shape index (κ1) is 14.6. The van der Waals surface area contributed by atoms with E-state index in [4.69, 9.17) is 14.3 Å². The molecule has 1 unspecified atom stereocenters.